The molecule has 2 aromatic rings. The van der Waals surface area contributed by atoms with Gasteiger partial charge < -0.3 is 14.9 Å². The zero-order valence-corrected chi connectivity index (χ0v) is 24.0. The number of amides is 1. The number of carbonyl (C=O) groups is 2. The Kier molecular flexibility index (Phi) is 9.89. The van der Waals surface area contributed by atoms with Crippen LogP contribution in [0.5, 0.6) is 5.75 Å². The fourth-order valence-electron chi connectivity index (χ4n) is 4.95. The van der Waals surface area contributed by atoms with E-state index in [2.05, 4.69) is 19.1 Å². The molecule has 1 amide bonds. The lowest BCUT2D eigenvalue weighted by molar-refractivity contribution is -0.128. The highest BCUT2D eigenvalue weighted by atomic mass is 79.9. The van der Waals surface area contributed by atoms with Crippen LogP contribution < -0.4 is 0 Å². The Bertz CT molecular complexity index is 1090. The summed E-state index contributed by atoms with van der Waals surface area (Å²) in [6, 6.07) is 13.6. The van der Waals surface area contributed by atoms with Crippen molar-refractivity contribution in [3.63, 3.8) is 0 Å². The van der Waals surface area contributed by atoms with E-state index < -0.39 is 0 Å². The Morgan fingerprint density at radius 1 is 1.17 bits per heavy atom. The number of nitrogens with one attached hydrogen (secondary N) is 1. The molecule has 2 unspecified atom stereocenters. The molecule has 1 fully saturated rings. The number of rotatable bonds is 8. The summed E-state index contributed by atoms with van der Waals surface area (Å²) in [6.45, 7) is 10.6. The van der Waals surface area contributed by atoms with Crippen molar-refractivity contribution in [2.24, 2.45) is 5.92 Å². The van der Waals surface area contributed by atoms with Crippen molar-refractivity contribution in [2.45, 2.75) is 65.3 Å². The molecule has 0 bridgehead atoms. The molecule has 0 radical (unpaired) electrons. The topological polar surface area (TPSA) is 84.7 Å². The van der Waals surface area contributed by atoms with Crippen molar-refractivity contribution in [2.75, 3.05) is 20.1 Å². The van der Waals surface area contributed by atoms with Crippen LogP contribution in [0.25, 0.3) is 0 Å². The van der Waals surface area contributed by atoms with Gasteiger partial charge in [0.15, 0.2) is 5.78 Å². The van der Waals surface area contributed by atoms with Crippen LogP contribution >= 0.6 is 17.0 Å². The normalized spacial score (nSPS) is 17.6. The third kappa shape index (κ3) is 6.55. The average molecular weight is 559 g/mol. The molecule has 7 heteroatoms. The van der Waals surface area contributed by atoms with Crippen LogP contribution in [0, 0.1) is 11.3 Å². The number of aromatic hydroxyl groups is 1. The molecule has 1 aliphatic heterocycles. The molecule has 2 atom stereocenters. The summed E-state index contributed by atoms with van der Waals surface area (Å²) in [5.41, 5.74) is 2.48. The first kappa shape index (κ1) is 29.6. The number of benzene rings is 2. The van der Waals surface area contributed by atoms with E-state index in [-0.39, 0.29) is 58.8 Å². The van der Waals surface area contributed by atoms with Gasteiger partial charge in [-0.2, -0.15) is 0 Å². The number of phenols is 1. The molecule has 0 aliphatic carbocycles. The molecule has 2 aromatic carbocycles. The van der Waals surface area contributed by atoms with E-state index in [0.29, 0.717) is 35.0 Å². The van der Waals surface area contributed by atoms with Gasteiger partial charge in [-0.3, -0.25) is 15.0 Å². The Labute approximate surface area is 226 Å². The highest BCUT2D eigenvalue weighted by Gasteiger charge is 2.38. The third-order valence-electron chi connectivity index (χ3n) is 6.98. The molecule has 0 saturated carbocycles. The lowest BCUT2D eigenvalue weighted by Crippen LogP contribution is -2.32. The quantitative estimate of drug-likeness (QED) is 0.394. The maximum Gasteiger partial charge on any atom is 0.219 e. The Balaban J connectivity index is 0.00000456. The number of amidine groups is 1. The zero-order chi connectivity index (χ0) is 25.9. The first-order chi connectivity index (χ1) is 16.4. The van der Waals surface area contributed by atoms with Gasteiger partial charge in [0.25, 0.3) is 0 Å². The molecule has 0 aromatic heterocycles. The van der Waals surface area contributed by atoms with E-state index in [9.17, 15) is 14.7 Å². The number of ketones is 1. The van der Waals surface area contributed by atoms with E-state index in [1.54, 1.807) is 19.2 Å². The van der Waals surface area contributed by atoms with E-state index >= 15 is 0 Å². The average Bonchev–Trinajstić information content (AvgIpc) is 3.09. The van der Waals surface area contributed by atoms with Crippen LogP contribution in [-0.4, -0.2) is 52.6 Å². The van der Waals surface area contributed by atoms with Crippen LogP contribution in [0.15, 0.2) is 42.5 Å². The molecule has 6 nitrogen and oxygen atoms in total. The van der Waals surface area contributed by atoms with Crippen LogP contribution in [0.4, 0.5) is 0 Å². The van der Waals surface area contributed by atoms with Crippen molar-refractivity contribution in [3.8, 4) is 5.75 Å². The summed E-state index contributed by atoms with van der Waals surface area (Å²) in [6.07, 6.45) is 2.03. The zero-order valence-electron chi connectivity index (χ0n) is 22.3. The van der Waals surface area contributed by atoms with Crippen LogP contribution in [0.3, 0.4) is 0 Å². The van der Waals surface area contributed by atoms with E-state index in [4.69, 9.17) is 5.41 Å². The van der Waals surface area contributed by atoms with Gasteiger partial charge in [-0.15, -0.1) is 17.0 Å². The van der Waals surface area contributed by atoms with Crippen molar-refractivity contribution >= 4 is 34.5 Å². The van der Waals surface area contributed by atoms with Gasteiger partial charge in [-0.1, -0.05) is 64.4 Å². The minimum Gasteiger partial charge on any atom is -0.507 e. The number of hydrogen-bond acceptors (Lipinski definition) is 4. The predicted octanol–water partition coefficient (Wildman–Crippen LogP) is 5.92. The first-order valence-corrected chi connectivity index (χ1v) is 12.4. The minimum absolute atomic E-state index is 0. The van der Waals surface area contributed by atoms with Crippen molar-refractivity contribution in [1.82, 2.24) is 9.80 Å². The van der Waals surface area contributed by atoms with Gasteiger partial charge in [0.05, 0.1) is 6.54 Å². The fraction of sp³-hybridized carbons (Fsp3) is 0.483. The second kappa shape index (κ2) is 12.0. The van der Waals surface area contributed by atoms with Crippen LogP contribution in [0.2, 0.25) is 0 Å². The molecule has 2 N–H and O–H groups in total. The molecule has 3 rings (SSSR count). The number of phenolic OH excluding ortho intramolecular Hbond substituents is 1. The molecular weight excluding hydrogens is 518 g/mol. The largest absolute Gasteiger partial charge is 0.507 e. The third-order valence-corrected chi connectivity index (χ3v) is 6.98. The maximum atomic E-state index is 13.5. The molecule has 0 spiro atoms. The van der Waals surface area contributed by atoms with Gasteiger partial charge in [0.2, 0.25) is 5.91 Å². The van der Waals surface area contributed by atoms with Gasteiger partial charge >= 0.3 is 0 Å². The maximum absolute atomic E-state index is 13.5. The second-order valence-electron chi connectivity index (χ2n) is 10.8. The number of likely N-dealkylation sites (tertiary alicyclic amines) is 1. The van der Waals surface area contributed by atoms with E-state index in [1.165, 1.54) is 11.8 Å². The summed E-state index contributed by atoms with van der Waals surface area (Å²) in [5.74, 6) is 0.715. The molecular formula is C29H40BrN3O3. The van der Waals surface area contributed by atoms with Crippen LogP contribution in [-0.2, 0) is 16.8 Å². The molecule has 1 aliphatic rings. The number of carbonyl (C=O) groups excluding carboxylic acids is 2. The van der Waals surface area contributed by atoms with Crippen molar-refractivity contribution in [3.05, 3.63) is 64.7 Å². The molecule has 196 valence electrons. The van der Waals surface area contributed by atoms with Gasteiger partial charge in [0.1, 0.15) is 11.6 Å². The number of nitrogens with zero attached hydrogens (tertiary/aromatic N) is 2. The second-order valence-corrected chi connectivity index (χ2v) is 10.8. The Hall–Kier alpha value is -2.67. The Morgan fingerprint density at radius 3 is 2.36 bits per heavy atom. The highest BCUT2D eigenvalue weighted by molar-refractivity contribution is 8.93. The standard InChI is InChI=1S/C29H39N3O3.BrH/c1-7-11-21-17-32(28(30)26(21)20-12-9-8-10-13-20)18-25(34)22-14-23(16-31(6)19(2)33)27(35)24(15-22)29(3,4)5;/h8-10,12-15,21,26,30,35H,7,11,16-18H2,1-6H3;1H. The fourth-order valence-corrected chi connectivity index (χ4v) is 4.95. The number of hydrogen-bond donors (Lipinski definition) is 2. The summed E-state index contributed by atoms with van der Waals surface area (Å²) in [4.78, 5) is 28.7. The first-order valence-electron chi connectivity index (χ1n) is 12.4. The van der Waals surface area contributed by atoms with Crippen molar-refractivity contribution in [1.29, 1.82) is 5.41 Å². The van der Waals surface area contributed by atoms with Crippen LogP contribution in [0.1, 0.15) is 80.4 Å². The Morgan fingerprint density at radius 2 is 1.81 bits per heavy atom. The summed E-state index contributed by atoms with van der Waals surface area (Å²) < 4.78 is 0. The monoisotopic (exact) mass is 557 g/mol. The molecule has 1 saturated heterocycles. The summed E-state index contributed by atoms with van der Waals surface area (Å²) in [7, 11) is 1.68. The highest BCUT2D eigenvalue weighted by Crippen LogP contribution is 2.38. The summed E-state index contributed by atoms with van der Waals surface area (Å²) in [5, 5.41) is 19.9. The lowest BCUT2D eigenvalue weighted by Gasteiger charge is -2.25. The smallest absolute Gasteiger partial charge is 0.219 e. The predicted molar refractivity (Wildman–Crippen MR) is 150 cm³/mol. The SMILES string of the molecule is Br.CCCC1CN(CC(=O)c2cc(CN(C)C(C)=O)c(O)c(C(C)(C)C)c2)C(=N)C1c1ccccc1. The van der Waals surface area contributed by atoms with E-state index in [0.717, 1.165) is 18.4 Å². The summed E-state index contributed by atoms with van der Waals surface area (Å²) >= 11 is 0. The number of halogens is 1. The van der Waals surface area contributed by atoms with Crippen molar-refractivity contribution < 1.29 is 14.7 Å². The van der Waals surface area contributed by atoms with Gasteiger partial charge in [0, 0.05) is 49.7 Å². The minimum atomic E-state index is -0.380. The molecule has 36 heavy (non-hydrogen) atoms. The lowest BCUT2D eigenvalue weighted by atomic mass is 9.83. The van der Waals surface area contributed by atoms with E-state index in [1.807, 2.05) is 43.9 Å². The number of Topliss-reactive ketones (excluding diaryl/α,β-unsaturated/α-hetero) is 1. The molecule has 1 heterocycles. The van der Waals surface area contributed by atoms with Gasteiger partial charge in [-0.05, 0) is 35.4 Å². The van der Waals surface area contributed by atoms with Gasteiger partial charge in [-0.25, -0.2) is 0 Å².